The summed E-state index contributed by atoms with van der Waals surface area (Å²) in [5.74, 6) is -3.71. The monoisotopic (exact) mass is 416 g/mol. The molecule has 0 amide bonds. The van der Waals surface area contributed by atoms with Crippen LogP contribution in [0.3, 0.4) is 0 Å². The van der Waals surface area contributed by atoms with Crippen molar-refractivity contribution < 1.29 is 4.79 Å². The summed E-state index contributed by atoms with van der Waals surface area (Å²) in [6.07, 6.45) is 1.03. The molecule has 144 valence electrons. The van der Waals surface area contributed by atoms with Crippen LogP contribution in [0.2, 0.25) is 0 Å². The van der Waals surface area contributed by atoms with Gasteiger partial charge in [-0.2, -0.15) is 0 Å². The summed E-state index contributed by atoms with van der Waals surface area (Å²) in [5, 5.41) is 2.95. The van der Waals surface area contributed by atoms with Crippen LogP contribution in [0.25, 0.3) is 0 Å². The molecule has 4 rings (SSSR count). The molecule has 0 saturated carbocycles. The third-order valence-electron chi connectivity index (χ3n) is 5.58. The summed E-state index contributed by atoms with van der Waals surface area (Å²) in [7, 11) is 0. The fourth-order valence-corrected chi connectivity index (χ4v) is 10.8. The first-order chi connectivity index (χ1) is 14.2. The van der Waals surface area contributed by atoms with Crippen molar-refractivity contribution in [3.05, 3.63) is 127 Å². The predicted octanol–water partition coefficient (Wildman–Crippen LogP) is 5.61. The summed E-state index contributed by atoms with van der Waals surface area (Å²) in [6.45, 7) is 0. The summed E-state index contributed by atoms with van der Waals surface area (Å²) in [6, 6.07) is 40.2. The van der Waals surface area contributed by atoms with Crippen molar-refractivity contribution in [2.24, 2.45) is 0 Å². The molecule has 1 nitrogen and oxygen atoms in total. The second kappa shape index (κ2) is 7.95. The van der Waals surface area contributed by atoms with Gasteiger partial charge in [-0.25, -0.2) is 0 Å². The Morgan fingerprint density at radius 3 is 1.17 bits per heavy atom. The van der Waals surface area contributed by atoms with Gasteiger partial charge in [-0.05, 0) is 0 Å². The minimum absolute atomic E-state index is 0.518. The summed E-state index contributed by atoms with van der Waals surface area (Å²) >= 11 is 8.07. The van der Waals surface area contributed by atoms with E-state index in [1.165, 1.54) is 0 Å². The number of hydrogen-bond donors (Lipinski definition) is 0. The topological polar surface area (TPSA) is 17.1 Å². The summed E-state index contributed by atoms with van der Waals surface area (Å²) in [5.41, 5.74) is 0.405. The van der Waals surface area contributed by atoms with Crippen LogP contribution in [0.15, 0.2) is 121 Å². The Hall–Kier alpha value is -2.73. The van der Waals surface area contributed by atoms with Crippen LogP contribution in [0, 0.1) is 0 Å². The average Bonchev–Trinajstić information content (AvgIpc) is 2.82. The quantitative estimate of drug-likeness (QED) is 0.295. The molecular weight excluding hydrogens is 395 g/mol. The summed E-state index contributed by atoms with van der Waals surface area (Å²) in [4.78, 5) is 12.8. The van der Waals surface area contributed by atoms with Crippen molar-refractivity contribution in [3.63, 3.8) is 0 Å². The van der Waals surface area contributed by atoms with Gasteiger partial charge in [0.05, 0.1) is 0 Å². The van der Waals surface area contributed by atoms with Crippen molar-refractivity contribution in [2.45, 2.75) is 5.66 Å². The molecule has 0 spiro atoms. The van der Waals surface area contributed by atoms with Crippen LogP contribution in [0.4, 0.5) is 0 Å². The number of carbonyl (C=O) groups is 1. The van der Waals surface area contributed by atoms with Crippen molar-refractivity contribution in [1.29, 1.82) is 0 Å². The molecule has 1 atom stereocenters. The Morgan fingerprint density at radius 2 is 0.862 bits per heavy atom. The molecule has 0 bridgehead atoms. The molecule has 3 heteroatoms. The van der Waals surface area contributed by atoms with Crippen LogP contribution in [0.5, 0.6) is 0 Å². The van der Waals surface area contributed by atoms with Crippen LogP contribution in [-0.2, 0) is 4.79 Å². The van der Waals surface area contributed by atoms with Gasteiger partial charge < -0.3 is 0 Å². The van der Waals surface area contributed by atoms with Gasteiger partial charge in [0.1, 0.15) is 0 Å². The molecule has 0 radical (unpaired) electrons. The van der Waals surface area contributed by atoms with Gasteiger partial charge in [0, 0.05) is 0 Å². The van der Waals surface area contributed by atoms with E-state index in [0.717, 1.165) is 27.8 Å². The van der Waals surface area contributed by atoms with Gasteiger partial charge in [-0.1, -0.05) is 0 Å². The van der Waals surface area contributed by atoms with Crippen molar-refractivity contribution in [3.8, 4) is 0 Å². The molecule has 29 heavy (non-hydrogen) atoms. The van der Waals surface area contributed by atoms with Gasteiger partial charge in [-0.15, -0.1) is 0 Å². The van der Waals surface area contributed by atoms with E-state index < -0.39 is 11.6 Å². The first kappa shape index (κ1) is 19.6. The summed E-state index contributed by atoms with van der Waals surface area (Å²) < 4.78 is 0. The Balaban J connectivity index is 2.20. The number of hydrogen-bond acceptors (Lipinski definition) is 1. The number of benzene rings is 4. The second-order valence-corrected chi connectivity index (χ2v) is 13.4. The Labute approximate surface area is 176 Å². The SMILES string of the molecule is O=CC(c1ccccc1)P(Cl)(c1ccccc1)(c1ccccc1)c1ccccc1. The zero-order valence-electron chi connectivity index (χ0n) is 15.9. The fourth-order valence-electron chi connectivity index (χ4n) is 4.21. The van der Waals surface area contributed by atoms with E-state index in [0.29, 0.717) is 0 Å². The van der Waals surface area contributed by atoms with E-state index in [1.807, 2.05) is 84.9 Å². The third-order valence-corrected chi connectivity index (χ3v) is 13.4. The normalized spacial score (nSPS) is 13.8. The van der Waals surface area contributed by atoms with Gasteiger partial charge in [0.25, 0.3) is 0 Å². The van der Waals surface area contributed by atoms with E-state index >= 15 is 0 Å². The van der Waals surface area contributed by atoms with Gasteiger partial charge >= 0.3 is 177 Å². The number of rotatable bonds is 6. The van der Waals surface area contributed by atoms with Crippen molar-refractivity contribution in [2.75, 3.05) is 0 Å². The average molecular weight is 417 g/mol. The van der Waals surface area contributed by atoms with E-state index in [-0.39, 0.29) is 0 Å². The van der Waals surface area contributed by atoms with E-state index in [1.54, 1.807) is 0 Å². The molecule has 1 unspecified atom stereocenters. The van der Waals surface area contributed by atoms with Crippen LogP contribution in [-0.4, -0.2) is 6.29 Å². The molecule has 0 aromatic heterocycles. The molecule has 4 aromatic carbocycles. The maximum atomic E-state index is 12.8. The molecule has 4 aromatic rings. The maximum absolute atomic E-state index is 12.8. The number of carbonyl (C=O) groups excluding carboxylic acids is 1. The molecule has 0 aliphatic rings. The zero-order chi connectivity index (χ0) is 20.2. The standard InChI is InChI=1S/C26H22ClOP/c27-29(23-15-7-2-8-16-23,24-17-9-3-10-18-24,25-19-11-4-12-20-25)26(21-28)22-13-5-1-6-14-22/h1-21,26H. The first-order valence-electron chi connectivity index (χ1n) is 9.60. The molecule has 0 aliphatic heterocycles. The predicted molar refractivity (Wildman–Crippen MR) is 126 cm³/mol. The van der Waals surface area contributed by atoms with Gasteiger partial charge in [0.2, 0.25) is 0 Å². The molecule has 0 N–H and O–H groups in total. The van der Waals surface area contributed by atoms with Crippen LogP contribution in [0.1, 0.15) is 11.2 Å². The fraction of sp³-hybridized carbons (Fsp3) is 0.0385. The molecule has 0 saturated heterocycles. The van der Waals surface area contributed by atoms with E-state index in [2.05, 4.69) is 36.4 Å². The van der Waals surface area contributed by atoms with Crippen molar-refractivity contribution in [1.82, 2.24) is 0 Å². The molecule has 0 heterocycles. The second-order valence-electron chi connectivity index (χ2n) is 7.07. The van der Waals surface area contributed by atoms with Crippen molar-refractivity contribution >= 4 is 39.4 Å². The third kappa shape index (κ3) is 3.02. The Kier molecular flexibility index (Phi) is 5.37. The van der Waals surface area contributed by atoms with E-state index in [9.17, 15) is 4.79 Å². The zero-order valence-corrected chi connectivity index (χ0v) is 17.6. The molecule has 0 aliphatic carbocycles. The van der Waals surface area contributed by atoms with Gasteiger partial charge in [-0.3, -0.25) is 0 Å². The Morgan fingerprint density at radius 1 is 0.552 bits per heavy atom. The molecular formula is C26H22ClOP. The van der Waals surface area contributed by atoms with Crippen LogP contribution >= 0.6 is 17.2 Å². The first-order valence-corrected chi connectivity index (χ1v) is 12.8. The van der Waals surface area contributed by atoms with Gasteiger partial charge in [0.15, 0.2) is 0 Å². The number of halogens is 1. The Bertz CT molecular complexity index is 983. The molecule has 0 fully saturated rings. The van der Waals surface area contributed by atoms with Crippen LogP contribution < -0.4 is 15.9 Å². The minimum atomic E-state index is -3.71. The number of aldehydes is 1. The van der Waals surface area contributed by atoms with E-state index in [4.69, 9.17) is 11.2 Å².